The summed E-state index contributed by atoms with van der Waals surface area (Å²) in [6.07, 6.45) is 0. The number of hydrogen-bond acceptors (Lipinski definition) is 4. The molecule has 0 spiro atoms. The molecule has 5 heteroatoms. The number of hydrogen-bond donors (Lipinski definition) is 2. The first-order valence-electron chi connectivity index (χ1n) is 8.96. The van der Waals surface area contributed by atoms with Gasteiger partial charge in [-0.25, -0.2) is 0 Å². The zero-order chi connectivity index (χ0) is 20.0. The Morgan fingerprint density at radius 2 is 1.46 bits per heavy atom. The Bertz CT molecular complexity index is 876. The van der Waals surface area contributed by atoms with E-state index in [1.165, 1.54) is 11.8 Å². The molecule has 0 fully saturated rings. The van der Waals surface area contributed by atoms with Gasteiger partial charge in [-0.15, -0.1) is 11.8 Å². The van der Waals surface area contributed by atoms with Crippen molar-refractivity contribution in [3.63, 3.8) is 0 Å². The van der Waals surface area contributed by atoms with Crippen LogP contribution in [0, 0.1) is 0 Å². The van der Waals surface area contributed by atoms with Gasteiger partial charge in [-0.05, 0) is 17.2 Å². The smallest absolute Gasteiger partial charge is 0.321 e. The van der Waals surface area contributed by atoms with Crippen molar-refractivity contribution in [2.45, 2.75) is 10.8 Å². The summed E-state index contributed by atoms with van der Waals surface area (Å²) in [6.45, 7) is 0. The molecular weight excluding hydrogens is 370 g/mol. The topological polar surface area (TPSA) is 72.5 Å². The minimum atomic E-state index is -1.01. The zero-order valence-electron chi connectivity index (χ0n) is 15.6. The van der Waals surface area contributed by atoms with E-state index in [0.717, 1.165) is 22.4 Å². The van der Waals surface area contributed by atoms with Crippen molar-refractivity contribution < 1.29 is 14.6 Å². The van der Waals surface area contributed by atoms with Crippen molar-refractivity contribution in [3.05, 3.63) is 102 Å². The van der Waals surface area contributed by atoms with Crippen LogP contribution < -0.4 is 10.5 Å². The molecule has 4 nitrogen and oxygen atoms in total. The number of para-hydroxylation sites is 1. The van der Waals surface area contributed by atoms with Gasteiger partial charge < -0.3 is 15.6 Å². The molecular formula is C23H23NO3S. The highest BCUT2D eigenvalue weighted by molar-refractivity contribution is 8.00. The van der Waals surface area contributed by atoms with Gasteiger partial charge in [0.15, 0.2) is 0 Å². The lowest BCUT2D eigenvalue weighted by molar-refractivity contribution is -0.137. The predicted molar refractivity (Wildman–Crippen MR) is 114 cm³/mol. The second-order valence-electron chi connectivity index (χ2n) is 6.37. The maximum absolute atomic E-state index is 11.4. The Labute approximate surface area is 169 Å². The van der Waals surface area contributed by atoms with Crippen LogP contribution in [0.25, 0.3) is 0 Å². The Kier molecular flexibility index (Phi) is 6.39. The van der Waals surface area contributed by atoms with Crippen LogP contribution >= 0.6 is 11.8 Å². The molecule has 1 atom stereocenters. The van der Waals surface area contributed by atoms with Gasteiger partial charge in [0.05, 0.1) is 11.9 Å². The lowest BCUT2D eigenvalue weighted by atomic mass is 9.83. The number of carboxylic acids is 1. The molecule has 0 aliphatic rings. The van der Waals surface area contributed by atoms with Gasteiger partial charge in [-0.2, -0.15) is 0 Å². The summed E-state index contributed by atoms with van der Waals surface area (Å²) in [7, 11) is 1.65. The summed E-state index contributed by atoms with van der Waals surface area (Å²) in [5, 5.41) is 9.33. The molecule has 0 bridgehead atoms. The molecule has 1 unspecified atom stereocenters. The Morgan fingerprint density at radius 1 is 0.964 bits per heavy atom. The Balaban J connectivity index is 2.27. The minimum absolute atomic E-state index is 0.247. The van der Waals surface area contributed by atoms with Crippen molar-refractivity contribution in [1.29, 1.82) is 0 Å². The van der Waals surface area contributed by atoms with Gasteiger partial charge in [0.25, 0.3) is 0 Å². The van der Waals surface area contributed by atoms with Crippen LogP contribution in [0.4, 0.5) is 0 Å². The van der Waals surface area contributed by atoms with Crippen molar-refractivity contribution in [3.8, 4) is 5.75 Å². The average molecular weight is 394 g/mol. The summed E-state index contributed by atoms with van der Waals surface area (Å²) in [6, 6.07) is 27.0. The molecule has 0 aromatic heterocycles. The van der Waals surface area contributed by atoms with E-state index in [-0.39, 0.29) is 5.75 Å². The molecule has 28 heavy (non-hydrogen) atoms. The van der Waals surface area contributed by atoms with Crippen LogP contribution in [0.5, 0.6) is 5.75 Å². The molecule has 0 heterocycles. The molecule has 0 aliphatic carbocycles. The Morgan fingerprint density at radius 3 is 1.96 bits per heavy atom. The maximum Gasteiger partial charge on any atom is 0.321 e. The van der Waals surface area contributed by atoms with Gasteiger partial charge in [0, 0.05) is 11.3 Å². The summed E-state index contributed by atoms with van der Waals surface area (Å²) < 4.78 is 5.02. The standard InChI is InChI=1S/C23H23NO3S/c1-27-21-15-9-8-14-19(21)23(17-10-4-2-5-11-17,18-12-6-3-7-13-18)28-16-20(24)22(25)26/h2-15,20H,16,24H2,1H3,(H,25,26). The van der Waals surface area contributed by atoms with Crippen molar-refractivity contribution in [1.82, 2.24) is 0 Å². The number of carbonyl (C=O) groups is 1. The minimum Gasteiger partial charge on any atom is -0.496 e. The fourth-order valence-electron chi connectivity index (χ4n) is 3.29. The number of methoxy groups -OCH3 is 1. The van der Waals surface area contributed by atoms with Crippen molar-refractivity contribution in [2.75, 3.05) is 12.9 Å². The van der Waals surface area contributed by atoms with Crippen LogP contribution in [0.15, 0.2) is 84.9 Å². The second kappa shape index (κ2) is 8.95. The van der Waals surface area contributed by atoms with E-state index in [9.17, 15) is 9.90 Å². The highest BCUT2D eigenvalue weighted by Gasteiger charge is 2.40. The van der Waals surface area contributed by atoms with Crippen LogP contribution in [0.3, 0.4) is 0 Å². The molecule has 0 amide bonds. The van der Waals surface area contributed by atoms with E-state index in [2.05, 4.69) is 24.3 Å². The number of aliphatic carboxylic acids is 1. The second-order valence-corrected chi connectivity index (χ2v) is 7.60. The Hall–Kier alpha value is -2.76. The number of nitrogens with two attached hydrogens (primary N) is 1. The van der Waals surface area contributed by atoms with E-state index in [4.69, 9.17) is 10.5 Å². The van der Waals surface area contributed by atoms with Crippen LogP contribution in [-0.2, 0) is 9.54 Å². The fraction of sp³-hybridized carbons (Fsp3) is 0.174. The molecule has 0 saturated heterocycles. The number of carboxylic acid groups (broad SMARTS) is 1. The fourth-order valence-corrected chi connectivity index (χ4v) is 4.79. The predicted octanol–water partition coefficient (Wildman–Crippen LogP) is 4.13. The van der Waals surface area contributed by atoms with Gasteiger partial charge in [0.2, 0.25) is 0 Å². The summed E-state index contributed by atoms with van der Waals surface area (Å²) in [5.74, 6) is -0.0221. The van der Waals surface area contributed by atoms with Gasteiger partial charge in [-0.3, -0.25) is 4.79 Å². The van der Waals surface area contributed by atoms with E-state index in [1.54, 1.807) is 7.11 Å². The third-order valence-electron chi connectivity index (χ3n) is 4.64. The zero-order valence-corrected chi connectivity index (χ0v) is 16.4. The monoisotopic (exact) mass is 393 g/mol. The summed E-state index contributed by atoms with van der Waals surface area (Å²) in [5.41, 5.74) is 8.90. The first-order valence-corrected chi connectivity index (χ1v) is 9.95. The largest absolute Gasteiger partial charge is 0.496 e. The molecule has 3 rings (SSSR count). The van der Waals surface area contributed by atoms with Crippen molar-refractivity contribution >= 4 is 17.7 Å². The van der Waals surface area contributed by atoms with E-state index in [0.29, 0.717) is 0 Å². The van der Waals surface area contributed by atoms with Gasteiger partial charge in [-0.1, -0.05) is 78.9 Å². The number of thioether (sulfide) groups is 1. The highest BCUT2D eigenvalue weighted by Crippen LogP contribution is 2.51. The molecule has 0 saturated carbocycles. The van der Waals surface area contributed by atoms with Gasteiger partial charge in [0.1, 0.15) is 11.8 Å². The molecule has 3 aromatic rings. The number of rotatable bonds is 8. The average Bonchev–Trinajstić information content (AvgIpc) is 2.75. The van der Waals surface area contributed by atoms with Crippen LogP contribution in [0.1, 0.15) is 16.7 Å². The number of ether oxygens (including phenoxy) is 1. The summed E-state index contributed by atoms with van der Waals surface area (Å²) in [4.78, 5) is 11.4. The lowest BCUT2D eigenvalue weighted by Gasteiger charge is -2.36. The highest BCUT2D eigenvalue weighted by atomic mass is 32.2. The normalized spacial score (nSPS) is 12.4. The molecule has 0 radical (unpaired) electrons. The summed E-state index contributed by atoms with van der Waals surface area (Å²) >= 11 is 1.51. The first kappa shape index (κ1) is 20.0. The van der Waals surface area contributed by atoms with Gasteiger partial charge >= 0.3 is 5.97 Å². The van der Waals surface area contributed by atoms with E-state index >= 15 is 0 Å². The maximum atomic E-state index is 11.4. The van der Waals surface area contributed by atoms with Crippen molar-refractivity contribution in [2.24, 2.45) is 5.73 Å². The SMILES string of the molecule is COc1ccccc1C(SCC(N)C(=O)O)(c1ccccc1)c1ccccc1. The van der Waals surface area contributed by atoms with Crippen LogP contribution in [-0.4, -0.2) is 30.0 Å². The third kappa shape index (κ3) is 3.91. The number of benzene rings is 3. The van der Waals surface area contributed by atoms with E-state index in [1.807, 2.05) is 60.7 Å². The van der Waals surface area contributed by atoms with E-state index < -0.39 is 16.8 Å². The molecule has 3 aromatic carbocycles. The molecule has 0 aliphatic heterocycles. The lowest BCUT2D eigenvalue weighted by Crippen LogP contribution is -2.36. The molecule has 144 valence electrons. The quantitative estimate of drug-likeness (QED) is 0.563. The molecule has 3 N–H and O–H groups in total. The van der Waals surface area contributed by atoms with Crippen LogP contribution in [0.2, 0.25) is 0 Å². The first-order chi connectivity index (χ1) is 13.6. The third-order valence-corrected chi connectivity index (χ3v) is 6.29.